The van der Waals surface area contributed by atoms with Crippen LogP contribution in [0.15, 0.2) is 36.7 Å². The SMILES string of the molecule is CC(c1ccc(Cl)cc1)N(C)Cc1cnc(N)cn1. The third-order valence-electron chi connectivity index (χ3n) is 3.15. The van der Waals surface area contributed by atoms with Gasteiger partial charge in [0.25, 0.3) is 0 Å². The lowest BCUT2D eigenvalue weighted by atomic mass is 10.1. The molecular weight excluding hydrogens is 260 g/mol. The summed E-state index contributed by atoms with van der Waals surface area (Å²) < 4.78 is 0. The zero-order chi connectivity index (χ0) is 13.8. The summed E-state index contributed by atoms with van der Waals surface area (Å²) in [6, 6.07) is 8.17. The van der Waals surface area contributed by atoms with Gasteiger partial charge in [-0.05, 0) is 31.7 Å². The van der Waals surface area contributed by atoms with Gasteiger partial charge in [-0.1, -0.05) is 23.7 Å². The van der Waals surface area contributed by atoms with Crippen LogP contribution >= 0.6 is 11.6 Å². The monoisotopic (exact) mass is 276 g/mol. The summed E-state index contributed by atoms with van der Waals surface area (Å²) in [7, 11) is 2.05. The Labute approximate surface area is 118 Å². The van der Waals surface area contributed by atoms with E-state index in [4.69, 9.17) is 17.3 Å². The third-order valence-corrected chi connectivity index (χ3v) is 3.40. The van der Waals surface area contributed by atoms with Gasteiger partial charge in [-0.2, -0.15) is 0 Å². The number of rotatable bonds is 4. The highest BCUT2D eigenvalue weighted by Crippen LogP contribution is 2.21. The summed E-state index contributed by atoms with van der Waals surface area (Å²) in [5, 5.41) is 0.753. The average Bonchev–Trinajstić information content (AvgIpc) is 2.41. The van der Waals surface area contributed by atoms with E-state index in [2.05, 4.69) is 28.8 Å². The maximum atomic E-state index is 5.90. The summed E-state index contributed by atoms with van der Waals surface area (Å²) in [6.45, 7) is 2.87. The Morgan fingerprint density at radius 3 is 2.47 bits per heavy atom. The Bertz CT molecular complexity index is 524. The van der Waals surface area contributed by atoms with Gasteiger partial charge in [-0.15, -0.1) is 0 Å². The molecule has 1 heterocycles. The minimum absolute atomic E-state index is 0.275. The van der Waals surface area contributed by atoms with E-state index in [1.807, 2.05) is 24.3 Å². The smallest absolute Gasteiger partial charge is 0.141 e. The first kappa shape index (κ1) is 13.8. The minimum atomic E-state index is 0.275. The molecule has 0 bridgehead atoms. The summed E-state index contributed by atoms with van der Waals surface area (Å²) in [5.74, 6) is 0.442. The van der Waals surface area contributed by atoms with Crippen molar-refractivity contribution in [3.05, 3.63) is 52.9 Å². The Kier molecular flexibility index (Phi) is 4.35. The lowest BCUT2D eigenvalue weighted by Crippen LogP contribution is -2.22. The van der Waals surface area contributed by atoms with Crippen LogP contribution in [-0.4, -0.2) is 21.9 Å². The molecule has 19 heavy (non-hydrogen) atoms. The first-order valence-electron chi connectivity index (χ1n) is 6.08. The predicted octanol–water partition coefficient (Wildman–Crippen LogP) is 2.91. The number of hydrogen-bond acceptors (Lipinski definition) is 4. The van der Waals surface area contributed by atoms with Gasteiger partial charge < -0.3 is 5.73 Å². The highest BCUT2D eigenvalue weighted by Gasteiger charge is 2.12. The molecular formula is C14H17ClN4. The van der Waals surface area contributed by atoms with E-state index in [-0.39, 0.29) is 6.04 Å². The van der Waals surface area contributed by atoms with Crippen LogP contribution < -0.4 is 5.73 Å². The van der Waals surface area contributed by atoms with E-state index >= 15 is 0 Å². The zero-order valence-electron chi connectivity index (χ0n) is 11.0. The van der Waals surface area contributed by atoms with Crippen molar-refractivity contribution >= 4 is 17.4 Å². The molecule has 0 aliphatic carbocycles. The van der Waals surface area contributed by atoms with Gasteiger partial charge in [-0.25, -0.2) is 4.98 Å². The molecule has 0 amide bonds. The standard InChI is InChI=1S/C14H17ClN4/c1-10(11-3-5-12(15)6-4-11)19(2)9-13-7-18-14(16)8-17-13/h3-8,10H,9H2,1-2H3,(H2,16,18). The number of nitrogens with zero attached hydrogens (tertiary/aromatic N) is 3. The van der Waals surface area contributed by atoms with E-state index in [0.29, 0.717) is 5.82 Å². The van der Waals surface area contributed by atoms with Crippen LogP contribution in [0.3, 0.4) is 0 Å². The number of halogens is 1. The maximum absolute atomic E-state index is 5.90. The molecule has 2 aromatic rings. The number of aromatic nitrogens is 2. The fourth-order valence-corrected chi connectivity index (χ4v) is 1.96. The molecule has 0 saturated heterocycles. The van der Waals surface area contributed by atoms with Crippen LogP contribution in [0.2, 0.25) is 5.02 Å². The van der Waals surface area contributed by atoms with Gasteiger partial charge in [-0.3, -0.25) is 9.88 Å². The van der Waals surface area contributed by atoms with E-state index < -0.39 is 0 Å². The van der Waals surface area contributed by atoms with E-state index in [0.717, 1.165) is 17.3 Å². The molecule has 5 heteroatoms. The van der Waals surface area contributed by atoms with Crippen molar-refractivity contribution in [2.24, 2.45) is 0 Å². The molecule has 0 aliphatic rings. The topological polar surface area (TPSA) is 55.0 Å². The minimum Gasteiger partial charge on any atom is -0.382 e. The normalized spacial score (nSPS) is 12.6. The largest absolute Gasteiger partial charge is 0.382 e. The van der Waals surface area contributed by atoms with Crippen molar-refractivity contribution in [2.45, 2.75) is 19.5 Å². The second-order valence-electron chi connectivity index (χ2n) is 4.58. The van der Waals surface area contributed by atoms with Crippen LogP contribution in [-0.2, 0) is 6.54 Å². The quantitative estimate of drug-likeness (QED) is 0.933. The number of hydrogen-bond donors (Lipinski definition) is 1. The van der Waals surface area contributed by atoms with Crippen molar-refractivity contribution in [1.29, 1.82) is 0 Å². The summed E-state index contributed by atoms with van der Waals surface area (Å²) in [4.78, 5) is 10.5. The van der Waals surface area contributed by atoms with Crippen LogP contribution in [0.4, 0.5) is 5.82 Å². The molecule has 1 atom stereocenters. The maximum Gasteiger partial charge on any atom is 0.141 e. The Hall–Kier alpha value is -1.65. The fraction of sp³-hybridized carbons (Fsp3) is 0.286. The van der Waals surface area contributed by atoms with Crippen molar-refractivity contribution in [3.63, 3.8) is 0 Å². The Morgan fingerprint density at radius 1 is 1.21 bits per heavy atom. The number of nitrogens with two attached hydrogens (primary N) is 1. The second-order valence-corrected chi connectivity index (χ2v) is 5.01. The molecule has 1 aromatic heterocycles. The molecule has 1 aromatic carbocycles. The van der Waals surface area contributed by atoms with Gasteiger partial charge in [0, 0.05) is 17.6 Å². The average molecular weight is 277 g/mol. The summed E-state index contributed by atoms with van der Waals surface area (Å²) >= 11 is 5.90. The summed E-state index contributed by atoms with van der Waals surface area (Å²) in [5.41, 5.74) is 7.64. The molecule has 0 fully saturated rings. The van der Waals surface area contributed by atoms with Gasteiger partial charge in [0.05, 0.1) is 18.1 Å². The lowest BCUT2D eigenvalue weighted by Gasteiger charge is -2.24. The van der Waals surface area contributed by atoms with Crippen molar-refractivity contribution < 1.29 is 0 Å². The number of benzene rings is 1. The molecule has 1 unspecified atom stereocenters. The summed E-state index contributed by atoms with van der Waals surface area (Å²) in [6.07, 6.45) is 3.29. The fourth-order valence-electron chi connectivity index (χ4n) is 1.83. The van der Waals surface area contributed by atoms with Crippen molar-refractivity contribution in [1.82, 2.24) is 14.9 Å². The highest BCUT2D eigenvalue weighted by molar-refractivity contribution is 6.30. The Balaban J connectivity index is 2.04. The van der Waals surface area contributed by atoms with Crippen LogP contribution in [0, 0.1) is 0 Å². The molecule has 0 aliphatic heterocycles. The van der Waals surface area contributed by atoms with E-state index in [9.17, 15) is 0 Å². The van der Waals surface area contributed by atoms with Crippen molar-refractivity contribution in [3.8, 4) is 0 Å². The number of nitrogen functional groups attached to an aromatic ring is 1. The zero-order valence-corrected chi connectivity index (χ0v) is 11.8. The predicted molar refractivity (Wildman–Crippen MR) is 77.8 cm³/mol. The number of anilines is 1. The van der Waals surface area contributed by atoms with Crippen LogP contribution in [0.25, 0.3) is 0 Å². The second kappa shape index (κ2) is 5.99. The highest BCUT2D eigenvalue weighted by atomic mass is 35.5. The lowest BCUT2D eigenvalue weighted by molar-refractivity contribution is 0.250. The van der Waals surface area contributed by atoms with Crippen LogP contribution in [0.5, 0.6) is 0 Å². The molecule has 0 radical (unpaired) electrons. The first-order chi connectivity index (χ1) is 9.06. The molecule has 0 saturated carbocycles. The molecule has 4 nitrogen and oxygen atoms in total. The Morgan fingerprint density at radius 2 is 1.89 bits per heavy atom. The van der Waals surface area contributed by atoms with Gasteiger partial charge >= 0.3 is 0 Å². The van der Waals surface area contributed by atoms with E-state index in [1.165, 1.54) is 5.56 Å². The van der Waals surface area contributed by atoms with Crippen molar-refractivity contribution in [2.75, 3.05) is 12.8 Å². The third kappa shape index (κ3) is 3.66. The van der Waals surface area contributed by atoms with Gasteiger partial charge in [0.2, 0.25) is 0 Å². The van der Waals surface area contributed by atoms with E-state index in [1.54, 1.807) is 12.4 Å². The first-order valence-corrected chi connectivity index (χ1v) is 6.46. The molecule has 0 spiro atoms. The van der Waals surface area contributed by atoms with Gasteiger partial charge in [0.15, 0.2) is 0 Å². The molecule has 100 valence electrons. The molecule has 2 rings (SSSR count). The van der Waals surface area contributed by atoms with Gasteiger partial charge in [0.1, 0.15) is 5.82 Å². The van der Waals surface area contributed by atoms with Crippen LogP contribution in [0.1, 0.15) is 24.2 Å². The molecule has 2 N–H and O–H groups in total.